The van der Waals surface area contributed by atoms with Crippen LogP contribution < -0.4 is 0 Å². The summed E-state index contributed by atoms with van der Waals surface area (Å²) in [5, 5.41) is 4.90. The number of imide groups is 1. The second kappa shape index (κ2) is 6.17. The summed E-state index contributed by atoms with van der Waals surface area (Å²) in [4.78, 5) is 25.2. The molecule has 0 spiro atoms. The topological polar surface area (TPSA) is 62.9 Å². The van der Waals surface area contributed by atoms with Gasteiger partial charge in [0.1, 0.15) is 11.5 Å². The molecule has 8 heteroatoms. The van der Waals surface area contributed by atoms with Crippen molar-refractivity contribution >= 4 is 18.0 Å². The van der Waals surface area contributed by atoms with E-state index in [0.717, 1.165) is 23.6 Å². The van der Waals surface area contributed by atoms with Crippen molar-refractivity contribution in [3.8, 4) is 11.3 Å². The minimum Gasteiger partial charge on any atom is -0.455 e. The van der Waals surface area contributed by atoms with Crippen LogP contribution in [0, 0.1) is 23.7 Å². The fraction of sp³-hybridized carbons (Fsp3) is 0.286. The minimum absolute atomic E-state index is 0.0952. The van der Waals surface area contributed by atoms with E-state index in [1.165, 1.54) is 30.5 Å². The number of furan rings is 1. The molecule has 2 fully saturated rings. The number of amides is 2. The largest absolute Gasteiger partial charge is 0.455 e. The SMILES string of the molecule is O=C1[C@@H]2[C@H](C(=O)N1/N=C\c1ccc(-c3cccc(C(F)(F)F)c3)o1)[C@H]1C=C[C@H]2C1. The summed E-state index contributed by atoms with van der Waals surface area (Å²) in [6.45, 7) is 0. The molecule has 2 heterocycles. The number of nitrogens with zero attached hydrogens (tertiary/aromatic N) is 2. The van der Waals surface area contributed by atoms with Crippen LogP contribution in [0.1, 0.15) is 17.7 Å². The normalized spacial score (nSPS) is 28.2. The van der Waals surface area contributed by atoms with Gasteiger partial charge in [0.05, 0.1) is 23.6 Å². The zero-order chi connectivity index (χ0) is 20.3. The predicted octanol–water partition coefficient (Wildman–Crippen LogP) is 4.11. The van der Waals surface area contributed by atoms with Crippen molar-refractivity contribution in [3.05, 3.63) is 59.9 Å². The van der Waals surface area contributed by atoms with Gasteiger partial charge >= 0.3 is 6.18 Å². The smallest absolute Gasteiger partial charge is 0.416 e. The zero-order valence-corrected chi connectivity index (χ0v) is 15.0. The highest BCUT2D eigenvalue weighted by atomic mass is 19.4. The first-order chi connectivity index (χ1) is 13.8. The van der Waals surface area contributed by atoms with E-state index in [1.54, 1.807) is 0 Å². The molecule has 1 saturated carbocycles. The van der Waals surface area contributed by atoms with Gasteiger partial charge in [0.15, 0.2) is 0 Å². The Morgan fingerprint density at radius 2 is 1.72 bits per heavy atom. The summed E-state index contributed by atoms with van der Waals surface area (Å²) < 4.78 is 44.2. The van der Waals surface area contributed by atoms with Crippen molar-refractivity contribution < 1.29 is 27.2 Å². The predicted molar refractivity (Wildman–Crippen MR) is 96.3 cm³/mol. The number of carbonyl (C=O) groups excluding carboxylic acids is 2. The van der Waals surface area contributed by atoms with E-state index in [2.05, 4.69) is 5.10 Å². The van der Waals surface area contributed by atoms with Gasteiger partial charge in [-0.2, -0.15) is 23.3 Å². The summed E-state index contributed by atoms with van der Waals surface area (Å²) in [6, 6.07) is 7.83. The molecule has 1 saturated heterocycles. The lowest BCUT2D eigenvalue weighted by atomic mass is 9.85. The number of rotatable bonds is 3. The highest BCUT2D eigenvalue weighted by Crippen LogP contribution is 2.52. The maximum atomic E-state index is 12.9. The maximum Gasteiger partial charge on any atom is 0.416 e. The first-order valence-corrected chi connectivity index (χ1v) is 9.20. The first kappa shape index (κ1) is 17.9. The van der Waals surface area contributed by atoms with Gasteiger partial charge in [0.25, 0.3) is 11.8 Å². The molecule has 2 bridgehead atoms. The van der Waals surface area contributed by atoms with E-state index >= 15 is 0 Å². The lowest BCUT2D eigenvalue weighted by Gasteiger charge is -2.13. The third-order valence-corrected chi connectivity index (χ3v) is 5.85. The Kier molecular flexibility index (Phi) is 3.81. The first-order valence-electron chi connectivity index (χ1n) is 9.20. The van der Waals surface area contributed by atoms with Crippen LogP contribution in [0.3, 0.4) is 0 Å². The number of benzene rings is 1. The van der Waals surface area contributed by atoms with E-state index in [0.29, 0.717) is 0 Å². The van der Waals surface area contributed by atoms with E-state index in [4.69, 9.17) is 4.42 Å². The van der Waals surface area contributed by atoms with Gasteiger partial charge in [-0.1, -0.05) is 24.3 Å². The molecular weight excluding hydrogens is 385 g/mol. The lowest BCUT2D eigenvalue weighted by Crippen LogP contribution is -2.28. The molecule has 1 aromatic heterocycles. The molecular formula is C21H15F3N2O3. The van der Waals surface area contributed by atoms with E-state index in [1.807, 2.05) is 12.2 Å². The van der Waals surface area contributed by atoms with Gasteiger partial charge in [-0.25, -0.2) is 0 Å². The van der Waals surface area contributed by atoms with Crippen LogP contribution in [-0.2, 0) is 15.8 Å². The summed E-state index contributed by atoms with van der Waals surface area (Å²) in [5.74, 6) is -0.642. The molecule has 5 rings (SSSR count). The van der Waals surface area contributed by atoms with E-state index < -0.39 is 11.7 Å². The van der Waals surface area contributed by atoms with Crippen LogP contribution in [0.5, 0.6) is 0 Å². The van der Waals surface area contributed by atoms with Crippen molar-refractivity contribution in [1.29, 1.82) is 0 Å². The van der Waals surface area contributed by atoms with Gasteiger partial charge in [-0.05, 0) is 42.5 Å². The molecule has 0 unspecified atom stereocenters. The van der Waals surface area contributed by atoms with Crippen molar-refractivity contribution in [2.45, 2.75) is 12.6 Å². The van der Waals surface area contributed by atoms with Crippen molar-refractivity contribution in [2.24, 2.45) is 28.8 Å². The van der Waals surface area contributed by atoms with Gasteiger partial charge in [-0.15, -0.1) is 0 Å². The molecule has 2 amide bonds. The summed E-state index contributed by atoms with van der Waals surface area (Å²) in [7, 11) is 0. The quantitative estimate of drug-likeness (QED) is 0.443. The molecule has 4 atom stereocenters. The molecule has 29 heavy (non-hydrogen) atoms. The average molecular weight is 400 g/mol. The van der Waals surface area contributed by atoms with Gasteiger partial charge in [0.2, 0.25) is 0 Å². The van der Waals surface area contributed by atoms with Gasteiger partial charge in [-0.3, -0.25) is 9.59 Å². The van der Waals surface area contributed by atoms with Crippen LogP contribution in [0.4, 0.5) is 13.2 Å². The van der Waals surface area contributed by atoms with Crippen molar-refractivity contribution in [3.63, 3.8) is 0 Å². The number of allylic oxidation sites excluding steroid dienone is 2. The Morgan fingerprint density at radius 1 is 1.03 bits per heavy atom. The van der Waals surface area contributed by atoms with Gasteiger partial charge in [0, 0.05) is 5.56 Å². The molecule has 2 aliphatic carbocycles. The third-order valence-electron chi connectivity index (χ3n) is 5.85. The molecule has 5 nitrogen and oxygen atoms in total. The zero-order valence-electron chi connectivity index (χ0n) is 15.0. The van der Waals surface area contributed by atoms with Crippen molar-refractivity contribution in [1.82, 2.24) is 5.01 Å². The second-order valence-corrected chi connectivity index (χ2v) is 7.51. The van der Waals surface area contributed by atoms with E-state index in [9.17, 15) is 22.8 Å². The lowest BCUT2D eigenvalue weighted by molar-refractivity contribution is -0.141. The number of hydrogen-bond acceptors (Lipinski definition) is 4. The Morgan fingerprint density at radius 3 is 2.38 bits per heavy atom. The Bertz CT molecular complexity index is 1040. The van der Waals surface area contributed by atoms with Crippen LogP contribution in [0.2, 0.25) is 0 Å². The fourth-order valence-electron chi connectivity index (χ4n) is 4.54. The molecule has 0 N–H and O–H groups in total. The minimum atomic E-state index is -4.45. The van der Waals surface area contributed by atoms with Crippen LogP contribution in [0.25, 0.3) is 11.3 Å². The molecule has 3 aliphatic rings. The average Bonchev–Trinajstić information content (AvgIpc) is 3.45. The van der Waals surface area contributed by atoms with Gasteiger partial charge < -0.3 is 4.42 Å². The van der Waals surface area contributed by atoms with Crippen molar-refractivity contribution in [2.75, 3.05) is 0 Å². The van der Waals surface area contributed by atoms with Crippen LogP contribution >= 0.6 is 0 Å². The Balaban J connectivity index is 1.35. The molecule has 2 aromatic rings. The van der Waals surface area contributed by atoms with E-state index in [-0.39, 0.29) is 52.6 Å². The summed E-state index contributed by atoms with van der Waals surface area (Å²) in [6.07, 6.45) is 1.62. The number of hydrogen-bond donors (Lipinski definition) is 0. The standard InChI is InChI=1S/C21H15F3N2O3/c22-21(23,24)14-3-1-2-11(9-14)16-7-6-15(29-16)10-25-26-19(27)17-12-4-5-13(8-12)18(17)20(26)28/h1-7,9-10,12-13,17-18H,8H2/b25-10-/t12-,13-,17-,18+/m0/s1. The highest BCUT2D eigenvalue weighted by Gasteiger charge is 2.59. The highest BCUT2D eigenvalue weighted by molar-refractivity contribution is 6.06. The molecule has 0 radical (unpaired) electrons. The monoisotopic (exact) mass is 400 g/mol. The molecule has 1 aliphatic heterocycles. The third kappa shape index (κ3) is 2.82. The number of carbonyl (C=O) groups is 2. The maximum absolute atomic E-state index is 12.9. The molecule has 148 valence electrons. The van der Waals surface area contributed by atoms with Crippen LogP contribution in [0.15, 0.2) is 58.1 Å². The number of alkyl halides is 3. The summed E-state index contributed by atoms with van der Waals surface area (Å²) >= 11 is 0. The number of halogens is 3. The molecule has 1 aromatic carbocycles. The van der Waals surface area contributed by atoms with Crippen LogP contribution in [-0.4, -0.2) is 23.0 Å². The fourth-order valence-corrected chi connectivity index (χ4v) is 4.54. The number of fused-ring (bicyclic) bond motifs is 5. The Labute approximate surface area is 163 Å². The number of hydrazone groups is 1. The Hall–Kier alpha value is -3.16. The summed E-state index contributed by atoms with van der Waals surface area (Å²) in [5.41, 5.74) is -0.505. The second-order valence-electron chi connectivity index (χ2n) is 7.51.